The highest BCUT2D eigenvalue weighted by atomic mass is 19.1. The fourth-order valence-electron chi connectivity index (χ4n) is 2.25. The van der Waals surface area contributed by atoms with E-state index in [1.807, 2.05) is 0 Å². The Morgan fingerprint density at radius 1 is 1.00 bits per heavy atom. The maximum Gasteiger partial charge on any atom is 0.307 e. The number of amides is 1. The van der Waals surface area contributed by atoms with Gasteiger partial charge in [0.25, 0.3) is 5.91 Å². The van der Waals surface area contributed by atoms with Crippen molar-refractivity contribution in [3.05, 3.63) is 59.9 Å². The molecule has 0 aliphatic rings. The van der Waals surface area contributed by atoms with E-state index < -0.39 is 23.7 Å². The van der Waals surface area contributed by atoms with Gasteiger partial charge in [-0.15, -0.1) is 0 Å². The van der Waals surface area contributed by atoms with E-state index in [1.54, 1.807) is 31.4 Å². The van der Waals surface area contributed by atoms with Crippen LogP contribution in [-0.4, -0.2) is 32.7 Å². The molecule has 2 rings (SSSR count). The van der Waals surface area contributed by atoms with Gasteiger partial charge in [0.2, 0.25) is 0 Å². The number of ether oxygens (including phenoxy) is 3. The van der Waals surface area contributed by atoms with Gasteiger partial charge in [-0.2, -0.15) is 0 Å². The second kappa shape index (κ2) is 9.41. The van der Waals surface area contributed by atoms with E-state index in [0.29, 0.717) is 17.1 Å². The van der Waals surface area contributed by atoms with Crippen LogP contribution in [0.15, 0.2) is 48.5 Å². The van der Waals surface area contributed by atoms with Crippen LogP contribution >= 0.6 is 0 Å². The maximum atomic E-state index is 13.1. The second-order valence-electron chi connectivity index (χ2n) is 5.42. The Bertz CT molecular complexity index is 731. The molecule has 0 saturated heterocycles. The van der Waals surface area contributed by atoms with Gasteiger partial charge in [0.1, 0.15) is 17.3 Å². The van der Waals surface area contributed by atoms with Crippen molar-refractivity contribution in [1.29, 1.82) is 0 Å². The zero-order chi connectivity index (χ0) is 18.9. The number of hydrogen-bond acceptors (Lipinski definition) is 5. The lowest BCUT2D eigenvalue weighted by Crippen LogP contribution is -2.34. The van der Waals surface area contributed by atoms with Crippen molar-refractivity contribution in [2.45, 2.75) is 12.5 Å². The Labute approximate surface area is 150 Å². The molecular weight excluding hydrogens is 341 g/mol. The first-order valence-electron chi connectivity index (χ1n) is 7.90. The summed E-state index contributed by atoms with van der Waals surface area (Å²) >= 11 is 0. The third kappa shape index (κ3) is 5.77. The number of carbonyl (C=O) groups is 2. The van der Waals surface area contributed by atoms with Crippen LogP contribution in [0.25, 0.3) is 0 Å². The third-order valence-corrected chi connectivity index (χ3v) is 3.64. The Morgan fingerprint density at radius 2 is 1.62 bits per heavy atom. The molecule has 0 aliphatic heterocycles. The largest absolute Gasteiger partial charge is 0.497 e. The predicted molar refractivity (Wildman–Crippen MR) is 92.4 cm³/mol. The molecule has 0 fully saturated rings. The van der Waals surface area contributed by atoms with Crippen LogP contribution in [0.1, 0.15) is 18.0 Å². The molecule has 6 nitrogen and oxygen atoms in total. The average molecular weight is 361 g/mol. The minimum atomic E-state index is -0.644. The van der Waals surface area contributed by atoms with Crippen LogP contribution < -0.4 is 14.8 Å². The molecule has 0 aromatic heterocycles. The maximum absolute atomic E-state index is 13.1. The van der Waals surface area contributed by atoms with E-state index in [-0.39, 0.29) is 13.0 Å². The summed E-state index contributed by atoms with van der Waals surface area (Å²) in [7, 11) is 2.82. The van der Waals surface area contributed by atoms with Crippen LogP contribution in [0, 0.1) is 5.82 Å². The average Bonchev–Trinajstić information content (AvgIpc) is 2.66. The molecule has 0 radical (unpaired) electrons. The van der Waals surface area contributed by atoms with Crippen LogP contribution in [0.4, 0.5) is 4.39 Å². The summed E-state index contributed by atoms with van der Waals surface area (Å²) in [5, 5.41) is 2.70. The number of benzene rings is 2. The Kier molecular flexibility index (Phi) is 6.96. The lowest BCUT2D eigenvalue weighted by molar-refractivity contribution is -0.141. The quantitative estimate of drug-likeness (QED) is 0.732. The van der Waals surface area contributed by atoms with Gasteiger partial charge in [-0.25, -0.2) is 4.39 Å². The summed E-state index contributed by atoms with van der Waals surface area (Å²) < 4.78 is 28.2. The SMILES string of the molecule is COC(=O)C[C@H](NC(=O)COc1ccc(OC)cc1)c1ccc(F)cc1. The van der Waals surface area contributed by atoms with Crippen LogP contribution in [-0.2, 0) is 14.3 Å². The van der Waals surface area contributed by atoms with E-state index in [4.69, 9.17) is 9.47 Å². The summed E-state index contributed by atoms with van der Waals surface area (Å²) in [6, 6.07) is 11.7. The highest BCUT2D eigenvalue weighted by Crippen LogP contribution is 2.19. The molecule has 0 saturated carbocycles. The molecule has 1 N–H and O–H groups in total. The molecule has 0 spiro atoms. The molecule has 1 amide bonds. The van der Waals surface area contributed by atoms with Crippen LogP contribution in [0.2, 0.25) is 0 Å². The summed E-state index contributed by atoms with van der Waals surface area (Å²) in [6.07, 6.45) is -0.0730. The van der Waals surface area contributed by atoms with Crippen molar-refractivity contribution in [1.82, 2.24) is 5.32 Å². The molecule has 7 heteroatoms. The Balaban J connectivity index is 1.98. The summed E-state index contributed by atoms with van der Waals surface area (Å²) in [5.41, 5.74) is 0.592. The lowest BCUT2D eigenvalue weighted by atomic mass is 10.0. The molecular formula is C19H20FNO5. The van der Waals surface area contributed by atoms with Crippen molar-refractivity contribution < 1.29 is 28.2 Å². The van der Waals surface area contributed by atoms with Gasteiger partial charge in [0, 0.05) is 0 Å². The van der Waals surface area contributed by atoms with Gasteiger partial charge in [-0.05, 0) is 42.0 Å². The van der Waals surface area contributed by atoms with Crippen molar-refractivity contribution in [3.8, 4) is 11.5 Å². The van der Waals surface area contributed by atoms with Crippen molar-refractivity contribution in [2.24, 2.45) is 0 Å². The normalized spacial score (nSPS) is 11.3. The number of rotatable bonds is 8. The predicted octanol–water partition coefficient (Wildman–Crippen LogP) is 2.63. The van der Waals surface area contributed by atoms with Gasteiger partial charge in [0.05, 0.1) is 26.7 Å². The van der Waals surface area contributed by atoms with Crippen LogP contribution in [0.5, 0.6) is 11.5 Å². The second-order valence-corrected chi connectivity index (χ2v) is 5.42. The lowest BCUT2D eigenvalue weighted by Gasteiger charge is -2.18. The zero-order valence-electron chi connectivity index (χ0n) is 14.5. The fourth-order valence-corrected chi connectivity index (χ4v) is 2.25. The highest BCUT2D eigenvalue weighted by molar-refractivity contribution is 5.79. The van der Waals surface area contributed by atoms with E-state index in [9.17, 15) is 14.0 Å². The van der Waals surface area contributed by atoms with Gasteiger partial charge in [-0.1, -0.05) is 12.1 Å². The number of hydrogen-bond donors (Lipinski definition) is 1. The fraction of sp³-hybridized carbons (Fsp3) is 0.263. The minimum absolute atomic E-state index is 0.0730. The van der Waals surface area contributed by atoms with Crippen molar-refractivity contribution in [2.75, 3.05) is 20.8 Å². The smallest absolute Gasteiger partial charge is 0.307 e. The first kappa shape index (κ1) is 19.2. The monoisotopic (exact) mass is 361 g/mol. The van der Waals surface area contributed by atoms with E-state index in [1.165, 1.54) is 31.4 Å². The van der Waals surface area contributed by atoms with Gasteiger partial charge >= 0.3 is 5.97 Å². The van der Waals surface area contributed by atoms with Crippen molar-refractivity contribution in [3.63, 3.8) is 0 Å². The number of nitrogens with one attached hydrogen (secondary N) is 1. The molecule has 0 unspecified atom stereocenters. The van der Waals surface area contributed by atoms with E-state index in [2.05, 4.69) is 10.1 Å². The molecule has 1 atom stereocenters. The first-order valence-corrected chi connectivity index (χ1v) is 7.90. The summed E-state index contributed by atoms with van der Waals surface area (Å²) in [6.45, 7) is -0.231. The molecule has 0 bridgehead atoms. The standard InChI is InChI=1S/C19H20FNO5/c1-24-15-7-9-16(10-8-15)26-12-18(22)21-17(11-19(23)25-2)13-3-5-14(20)6-4-13/h3-10,17H,11-12H2,1-2H3,(H,21,22)/t17-/m0/s1. The minimum Gasteiger partial charge on any atom is -0.497 e. The van der Waals surface area contributed by atoms with E-state index in [0.717, 1.165) is 0 Å². The number of carbonyl (C=O) groups excluding carboxylic acids is 2. The summed E-state index contributed by atoms with van der Waals surface area (Å²) in [5.74, 6) is -0.127. The van der Waals surface area contributed by atoms with Crippen molar-refractivity contribution >= 4 is 11.9 Å². The molecule has 2 aromatic rings. The molecule has 26 heavy (non-hydrogen) atoms. The molecule has 2 aromatic carbocycles. The number of halogens is 1. The topological polar surface area (TPSA) is 73.9 Å². The van der Waals surface area contributed by atoms with E-state index >= 15 is 0 Å². The van der Waals surface area contributed by atoms with Crippen LogP contribution in [0.3, 0.4) is 0 Å². The summed E-state index contributed by atoms with van der Waals surface area (Å²) in [4.78, 5) is 23.8. The Morgan fingerprint density at radius 3 is 2.19 bits per heavy atom. The molecule has 0 heterocycles. The zero-order valence-corrected chi connectivity index (χ0v) is 14.5. The number of methoxy groups -OCH3 is 2. The number of esters is 1. The first-order chi connectivity index (χ1) is 12.5. The van der Waals surface area contributed by atoms with Gasteiger partial charge in [0.15, 0.2) is 6.61 Å². The van der Waals surface area contributed by atoms with Gasteiger partial charge < -0.3 is 19.5 Å². The Hall–Kier alpha value is -3.09. The highest BCUT2D eigenvalue weighted by Gasteiger charge is 2.19. The van der Waals surface area contributed by atoms with Gasteiger partial charge in [-0.3, -0.25) is 9.59 Å². The molecule has 138 valence electrons. The molecule has 0 aliphatic carbocycles. The third-order valence-electron chi connectivity index (χ3n) is 3.64.